The summed E-state index contributed by atoms with van der Waals surface area (Å²) in [6.07, 6.45) is 0. The summed E-state index contributed by atoms with van der Waals surface area (Å²) in [5.74, 6) is 0. The van der Waals surface area contributed by atoms with E-state index in [1.165, 1.54) is 21.4 Å². The summed E-state index contributed by atoms with van der Waals surface area (Å²) in [7, 11) is 0. The molecule has 1 aromatic heterocycles. The average molecular weight is 215 g/mol. The third kappa shape index (κ3) is 1.11. The van der Waals surface area contributed by atoms with Crippen LogP contribution in [0.1, 0.15) is 26.3 Å². The molecule has 0 bridgehead atoms. The SMILES string of the molecule is CC1=Nc2cc3ccsc3cc2C1(C)C. The lowest BCUT2D eigenvalue weighted by Gasteiger charge is -2.19. The summed E-state index contributed by atoms with van der Waals surface area (Å²) in [4.78, 5) is 4.66. The van der Waals surface area contributed by atoms with Crippen LogP contribution in [0.4, 0.5) is 5.69 Å². The first-order chi connectivity index (χ1) is 7.09. The molecular formula is C13H13NS. The molecule has 0 radical (unpaired) electrons. The molecule has 15 heavy (non-hydrogen) atoms. The first-order valence-electron chi connectivity index (χ1n) is 5.16. The molecule has 1 aromatic carbocycles. The monoisotopic (exact) mass is 215 g/mol. The molecule has 0 spiro atoms. The van der Waals surface area contributed by atoms with E-state index in [-0.39, 0.29) is 5.41 Å². The van der Waals surface area contributed by atoms with E-state index in [1.807, 2.05) is 0 Å². The summed E-state index contributed by atoms with van der Waals surface area (Å²) in [5.41, 5.74) is 3.85. The lowest BCUT2D eigenvalue weighted by molar-refractivity contribution is 0.734. The number of fused-ring (bicyclic) bond motifs is 2. The van der Waals surface area contributed by atoms with Gasteiger partial charge >= 0.3 is 0 Å². The van der Waals surface area contributed by atoms with E-state index in [4.69, 9.17) is 0 Å². The maximum Gasteiger partial charge on any atom is 0.0677 e. The molecule has 0 fully saturated rings. The van der Waals surface area contributed by atoms with Gasteiger partial charge in [0, 0.05) is 15.8 Å². The molecule has 76 valence electrons. The molecule has 2 aromatic rings. The molecule has 0 saturated carbocycles. The van der Waals surface area contributed by atoms with Crippen molar-refractivity contribution in [3.8, 4) is 0 Å². The molecule has 0 atom stereocenters. The largest absolute Gasteiger partial charge is 0.257 e. The van der Waals surface area contributed by atoms with Crippen LogP contribution < -0.4 is 0 Å². The molecule has 0 saturated heterocycles. The van der Waals surface area contributed by atoms with Crippen LogP contribution in [0.25, 0.3) is 10.1 Å². The molecule has 2 heteroatoms. The normalized spacial score (nSPS) is 17.9. The zero-order chi connectivity index (χ0) is 10.6. The van der Waals surface area contributed by atoms with E-state index < -0.39 is 0 Å². The minimum atomic E-state index is 0.105. The van der Waals surface area contributed by atoms with E-state index in [0.29, 0.717) is 0 Å². The van der Waals surface area contributed by atoms with Crippen LogP contribution in [0.3, 0.4) is 0 Å². The zero-order valence-corrected chi connectivity index (χ0v) is 9.98. The summed E-state index contributed by atoms with van der Waals surface area (Å²) >= 11 is 1.80. The molecule has 1 aliphatic rings. The van der Waals surface area contributed by atoms with Crippen LogP contribution in [0.2, 0.25) is 0 Å². The lowest BCUT2D eigenvalue weighted by atomic mass is 9.82. The van der Waals surface area contributed by atoms with Crippen LogP contribution in [-0.4, -0.2) is 5.71 Å². The van der Waals surface area contributed by atoms with Gasteiger partial charge in [0.15, 0.2) is 0 Å². The fourth-order valence-electron chi connectivity index (χ4n) is 2.11. The maximum atomic E-state index is 4.66. The fraction of sp³-hybridized carbons (Fsp3) is 0.308. The molecular weight excluding hydrogens is 202 g/mol. The van der Waals surface area contributed by atoms with Gasteiger partial charge in [0.25, 0.3) is 0 Å². The molecule has 0 aliphatic carbocycles. The van der Waals surface area contributed by atoms with Crippen LogP contribution >= 0.6 is 11.3 Å². The summed E-state index contributed by atoms with van der Waals surface area (Å²) in [6, 6.07) is 6.67. The van der Waals surface area contributed by atoms with Gasteiger partial charge in [-0.25, -0.2) is 0 Å². The van der Waals surface area contributed by atoms with Crippen LogP contribution in [0.5, 0.6) is 0 Å². The standard InChI is InChI=1S/C13H13NS/c1-8-13(2,3)10-7-12-9(4-5-15-12)6-11(10)14-8/h4-7H,1-3H3. The summed E-state index contributed by atoms with van der Waals surface area (Å²) in [6.45, 7) is 6.61. The Morgan fingerprint density at radius 1 is 1.27 bits per heavy atom. The highest BCUT2D eigenvalue weighted by Gasteiger charge is 2.32. The average Bonchev–Trinajstić information content (AvgIpc) is 2.69. The predicted octanol–water partition coefficient (Wildman–Crippen LogP) is 4.28. The Labute approximate surface area is 93.5 Å². The van der Waals surface area contributed by atoms with Gasteiger partial charge in [-0.2, -0.15) is 0 Å². The van der Waals surface area contributed by atoms with Crippen LogP contribution in [-0.2, 0) is 5.41 Å². The second kappa shape index (κ2) is 2.70. The molecule has 3 rings (SSSR count). The van der Waals surface area contributed by atoms with Crippen molar-refractivity contribution in [2.45, 2.75) is 26.2 Å². The number of hydrogen-bond acceptors (Lipinski definition) is 2. The smallest absolute Gasteiger partial charge is 0.0677 e. The fourth-order valence-corrected chi connectivity index (χ4v) is 2.92. The predicted molar refractivity (Wildman–Crippen MR) is 67.6 cm³/mol. The van der Waals surface area contributed by atoms with Crippen molar-refractivity contribution in [2.75, 3.05) is 0 Å². The Hall–Kier alpha value is -1.15. The van der Waals surface area contributed by atoms with Crippen molar-refractivity contribution >= 4 is 32.8 Å². The van der Waals surface area contributed by atoms with E-state index in [0.717, 1.165) is 5.69 Å². The van der Waals surface area contributed by atoms with E-state index in [1.54, 1.807) is 11.3 Å². The Morgan fingerprint density at radius 2 is 2.07 bits per heavy atom. The minimum Gasteiger partial charge on any atom is -0.257 e. The van der Waals surface area contributed by atoms with Crippen LogP contribution in [0.15, 0.2) is 28.6 Å². The summed E-state index contributed by atoms with van der Waals surface area (Å²) in [5, 5.41) is 3.46. The highest BCUT2D eigenvalue weighted by molar-refractivity contribution is 7.17. The van der Waals surface area contributed by atoms with Crippen molar-refractivity contribution in [3.05, 3.63) is 29.1 Å². The van der Waals surface area contributed by atoms with Gasteiger partial charge in [-0.3, -0.25) is 4.99 Å². The first kappa shape index (κ1) is 9.10. The quantitative estimate of drug-likeness (QED) is 0.622. The number of benzene rings is 1. The van der Waals surface area contributed by atoms with Gasteiger partial charge in [-0.05, 0) is 41.5 Å². The Balaban J connectivity index is 2.37. The Kier molecular flexibility index (Phi) is 1.64. The zero-order valence-electron chi connectivity index (χ0n) is 9.16. The molecule has 2 heterocycles. The number of hydrogen-bond donors (Lipinski definition) is 0. The number of aliphatic imine (C=N–C) groups is 1. The molecule has 0 N–H and O–H groups in total. The molecule has 0 unspecified atom stereocenters. The van der Waals surface area contributed by atoms with E-state index in [2.05, 4.69) is 49.3 Å². The van der Waals surface area contributed by atoms with Crippen molar-refractivity contribution in [3.63, 3.8) is 0 Å². The van der Waals surface area contributed by atoms with Crippen molar-refractivity contribution in [1.82, 2.24) is 0 Å². The highest BCUT2D eigenvalue weighted by atomic mass is 32.1. The highest BCUT2D eigenvalue weighted by Crippen LogP contribution is 2.42. The number of nitrogens with zero attached hydrogens (tertiary/aromatic N) is 1. The lowest BCUT2D eigenvalue weighted by Crippen LogP contribution is -2.22. The van der Waals surface area contributed by atoms with Gasteiger partial charge in [-0.15, -0.1) is 11.3 Å². The van der Waals surface area contributed by atoms with Gasteiger partial charge in [0.2, 0.25) is 0 Å². The van der Waals surface area contributed by atoms with Gasteiger partial charge < -0.3 is 0 Å². The van der Waals surface area contributed by atoms with Crippen LogP contribution in [0, 0.1) is 0 Å². The van der Waals surface area contributed by atoms with E-state index in [9.17, 15) is 0 Å². The topological polar surface area (TPSA) is 12.4 Å². The second-order valence-corrected chi connectivity index (χ2v) is 5.60. The Bertz CT molecular complexity index is 575. The first-order valence-corrected chi connectivity index (χ1v) is 6.04. The van der Waals surface area contributed by atoms with Gasteiger partial charge in [0.1, 0.15) is 0 Å². The summed E-state index contributed by atoms with van der Waals surface area (Å²) < 4.78 is 1.37. The minimum absolute atomic E-state index is 0.105. The van der Waals surface area contributed by atoms with Gasteiger partial charge in [0.05, 0.1) is 5.69 Å². The third-order valence-electron chi connectivity index (χ3n) is 3.44. The van der Waals surface area contributed by atoms with Gasteiger partial charge in [-0.1, -0.05) is 13.8 Å². The van der Waals surface area contributed by atoms with Crippen molar-refractivity contribution in [1.29, 1.82) is 0 Å². The second-order valence-electron chi connectivity index (χ2n) is 4.65. The Morgan fingerprint density at radius 3 is 2.87 bits per heavy atom. The number of rotatable bonds is 0. The van der Waals surface area contributed by atoms with Crippen molar-refractivity contribution in [2.24, 2.45) is 4.99 Å². The molecule has 1 nitrogen and oxygen atoms in total. The van der Waals surface area contributed by atoms with E-state index >= 15 is 0 Å². The third-order valence-corrected chi connectivity index (χ3v) is 4.32. The molecule has 0 amide bonds. The maximum absolute atomic E-state index is 4.66. The molecule has 1 aliphatic heterocycles. The number of thiophene rings is 1. The van der Waals surface area contributed by atoms with Crippen molar-refractivity contribution < 1.29 is 0 Å².